The zero-order valence-corrected chi connectivity index (χ0v) is 15.4. The number of piperidine rings is 1. The molecule has 1 atom stereocenters. The van der Waals surface area contributed by atoms with Gasteiger partial charge in [0.2, 0.25) is 0 Å². The number of hydrogen-bond acceptors (Lipinski definition) is 4. The fourth-order valence-electron chi connectivity index (χ4n) is 3.37. The highest BCUT2D eigenvalue weighted by Crippen LogP contribution is 2.21. The van der Waals surface area contributed by atoms with Crippen molar-refractivity contribution in [1.82, 2.24) is 9.88 Å². The summed E-state index contributed by atoms with van der Waals surface area (Å²) in [6, 6.07) is 5.88. The topological polar surface area (TPSA) is 45.2 Å². The van der Waals surface area contributed by atoms with E-state index in [2.05, 4.69) is 33.6 Å². The Labute approximate surface area is 147 Å². The lowest BCUT2D eigenvalue weighted by Crippen LogP contribution is -2.33. The monoisotopic (exact) mass is 343 g/mol. The molecule has 2 aromatic rings. The molecule has 0 bridgehead atoms. The highest BCUT2D eigenvalue weighted by atomic mass is 32.1. The molecular formula is C19H25N3OS. The summed E-state index contributed by atoms with van der Waals surface area (Å²) in [5, 5.41) is 5.66. The van der Waals surface area contributed by atoms with Gasteiger partial charge in [-0.2, -0.15) is 0 Å². The van der Waals surface area contributed by atoms with Gasteiger partial charge in [0.1, 0.15) is 0 Å². The smallest absolute Gasteiger partial charge is 0.257 e. The van der Waals surface area contributed by atoms with Gasteiger partial charge in [-0.25, -0.2) is 4.98 Å². The van der Waals surface area contributed by atoms with E-state index in [4.69, 9.17) is 0 Å². The maximum atomic E-state index is 12.4. The molecule has 3 rings (SSSR count). The van der Waals surface area contributed by atoms with Gasteiger partial charge in [-0.05, 0) is 51.3 Å². The van der Waals surface area contributed by atoms with Gasteiger partial charge in [-0.3, -0.25) is 15.0 Å². The Morgan fingerprint density at radius 3 is 2.79 bits per heavy atom. The van der Waals surface area contributed by atoms with E-state index in [1.807, 2.05) is 26.0 Å². The molecule has 1 fully saturated rings. The molecule has 1 N–H and O–H groups in total. The number of nitrogens with one attached hydrogen (secondary N) is 1. The van der Waals surface area contributed by atoms with Crippen LogP contribution in [0.2, 0.25) is 0 Å². The normalized spacial score (nSPS) is 18.5. The average molecular weight is 343 g/mol. The molecule has 0 unspecified atom stereocenters. The summed E-state index contributed by atoms with van der Waals surface area (Å²) in [6.45, 7) is 9.48. The second-order valence-corrected chi connectivity index (χ2v) is 7.82. The minimum atomic E-state index is -0.0886. The minimum Gasteiger partial charge on any atom is -0.298 e. The number of thiazole rings is 1. The lowest BCUT2D eigenvalue weighted by molar-refractivity contribution is 0.102. The number of aryl methyl sites for hydroxylation is 2. The number of hydrogen-bond donors (Lipinski definition) is 1. The number of likely N-dealkylation sites (tertiary alicyclic amines) is 1. The zero-order valence-electron chi connectivity index (χ0n) is 14.6. The molecule has 0 radical (unpaired) electrons. The SMILES string of the molecule is Cc1cc(C)cc(C(=O)Nc2nc(CN3CCC[C@H](C)C3)cs2)c1. The van der Waals surface area contributed by atoms with Gasteiger partial charge in [-0.15, -0.1) is 11.3 Å². The first-order valence-electron chi connectivity index (χ1n) is 8.56. The van der Waals surface area contributed by atoms with E-state index < -0.39 is 0 Å². The molecule has 0 saturated carbocycles. The highest BCUT2D eigenvalue weighted by molar-refractivity contribution is 7.13. The summed E-state index contributed by atoms with van der Waals surface area (Å²) in [6.07, 6.45) is 2.59. The van der Waals surface area contributed by atoms with Crippen LogP contribution in [0.4, 0.5) is 5.13 Å². The average Bonchev–Trinajstić information content (AvgIpc) is 2.93. The van der Waals surface area contributed by atoms with E-state index in [1.165, 1.54) is 24.2 Å². The lowest BCUT2D eigenvalue weighted by Gasteiger charge is -2.30. The number of rotatable bonds is 4. The van der Waals surface area contributed by atoms with Gasteiger partial charge in [0, 0.05) is 24.0 Å². The number of amides is 1. The first-order valence-corrected chi connectivity index (χ1v) is 9.44. The van der Waals surface area contributed by atoms with Crippen LogP contribution in [0.5, 0.6) is 0 Å². The third-order valence-electron chi connectivity index (χ3n) is 4.38. The van der Waals surface area contributed by atoms with Crippen molar-refractivity contribution in [2.75, 3.05) is 18.4 Å². The maximum absolute atomic E-state index is 12.4. The highest BCUT2D eigenvalue weighted by Gasteiger charge is 2.17. The molecule has 24 heavy (non-hydrogen) atoms. The van der Waals surface area contributed by atoms with Crippen molar-refractivity contribution in [3.8, 4) is 0 Å². The number of carbonyl (C=O) groups is 1. The van der Waals surface area contributed by atoms with Crippen molar-refractivity contribution in [2.24, 2.45) is 5.92 Å². The van der Waals surface area contributed by atoms with Crippen LogP contribution in [-0.2, 0) is 6.54 Å². The van der Waals surface area contributed by atoms with Crippen LogP contribution in [0.3, 0.4) is 0 Å². The summed E-state index contributed by atoms with van der Waals surface area (Å²) >= 11 is 1.50. The second-order valence-electron chi connectivity index (χ2n) is 6.96. The van der Waals surface area contributed by atoms with Gasteiger partial charge in [0.25, 0.3) is 5.91 Å². The van der Waals surface area contributed by atoms with Crippen LogP contribution in [0.15, 0.2) is 23.6 Å². The molecule has 128 valence electrons. The zero-order chi connectivity index (χ0) is 17.1. The molecule has 1 aromatic carbocycles. The number of aromatic nitrogens is 1. The maximum Gasteiger partial charge on any atom is 0.257 e. The summed E-state index contributed by atoms with van der Waals surface area (Å²) < 4.78 is 0. The largest absolute Gasteiger partial charge is 0.298 e. The van der Waals surface area contributed by atoms with Gasteiger partial charge in [0.05, 0.1) is 5.69 Å². The Morgan fingerprint density at radius 1 is 1.33 bits per heavy atom. The molecule has 1 amide bonds. The first-order chi connectivity index (χ1) is 11.5. The summed E-state index contributed by atoms with van der Waals surface area (Å²) in [4.78, 5) is 19.4. The van der Waals surface area contributed by atoms with Crippen LogP contribution in [0.25, 0.3) is 0 Å². The van der Waals surface area contributed by atoms with E-state index in [0.29, 0.717) is 10.7 Å². The van der Waals surface area contributed by atoms with E-state index in [-0.39, 0.29) is 5.91 Å². The molecular weight excluding hydrogens is 318 g/mol. The van der Waals surface area contributed by atoms with E-state index >= 15 is 0 Å². The Morgan fingerprint density at radius 2 is 2.08 bits per heavy atom. The Bertz CT molecular complexity index is 705. The standard InChI is InChI=1S/C19H25N3OS/c1-13-5-4-6-22(10-13)11-17-12-24-19(20-17)21-18(23)16-8-14(2)7-15(3)9-16/h7-9,12-13H,4-6,10-11H2,1-3H3,(H,20,21,23)/t13-/m0/s1. The number of nitrogens with zero attached hydrogens (tertiary/aromatic N) is 2. The fraction of sp³-hybridized carbons (Fsp3) is 0.474. The number of anilines is 1. The van der Waals surface area contributed by atoms with Crippen LogP contribution in [0, 0.1) is 19.8 Å². The predicted molar refractivity (Wildman–Crippen MR) is 99.7 cm³/mol. The summed E-state index contributed by atoms with van der Waals surface area (Å²) in [5.41, 5.74) is 3.93. The number of carbonyl (C=O) groups excluding carboxylic acids is 1. The minimum absolute atomic E-state index is 0.0886. The summed E-state index contributed by atoms with van der Waals surface area (Å²) in [5.74, 6) is 0.676. The van der Waals surface area contributed by atoms with Crippen molar-refractivity contribution in [2.45, 2.75) is 40.2 Å². The lowest BCUT2D eigenvalue weighted by atomic mass is 10.0. The van der Waals surface area contributed by atoms with Crippen molar-refractivity contribution in [1.29, 1.82) is 0 Å². The van der Waals surface area contributed by atoms with Gasteiger partial charge >= 0.3 is 0 Å². The molecule has 0 aliphatic carbocycles. The fourth-order valence-corrected chi connectivity index (χ4v) is 4.07. The third kappa shape index (κ3) is 4.42. The molecule has 4 nitrogen and oxygen atoms in total. The Hall–Kier alpha value is -1.72. The van der Waals surface area contributed by atoms with Crippen molar-refractivity contribution < 1.29 is 4.79 Å². The molecule has 0 spiro atoms. The van der Waals surface area contributed by atoms with Crippen LogP contribution in [0.1, 0.15) is 46.9 Å². The van der Waals surface area contributed by atoms with Crippen molar-refractivity contribution in [3.05, 3.63) is 46.0 Å². The van der Waals surface area contributed by atoms with Crippen LogP contribution < -0.4 is 5.32 Å². The van der Waals surface area contributed by atoms with Gasteiger partial charge in [-0.1, -0.05) is 24.1 Å². The first kappa shape index (κ1) is 17.1. The predicted octanol–water partition coefficient (Wildman–Crippen LogP) is 4.24. The number of benzene rings is 1. The Balaban J connectivity index is 1.62. The van der Waals surface area contributed by atoms with Gasteiger partial charge < -0.3 is 0 Å². The van der Waals surface area contributed by atoms with E-state index in [9.17, 15) is 4.79 Å². The van der Waals surface area contributed by atoms with Crippen LogP contribution in [-0.4, -0.2) is 28.9 Å². The quantitative estimate of drug-likeness (QED) is 0.903. The molecule has 5 heteroatoms. The van der Waals surface area contributed by atoms with Crippen LogP contribution >= 0.6 is 11.3 Å². The van der Waals surface area contributed by atoms with Gasteiger partial charge in [0.15, 0.2) is 5.13 Å². The van der Waals surface area contributed by atoms with E-state index in [1.54, 1.807) is 0 Å². The second kappa shape index (κ2) is 7.45. The molecule has 1 aliphatic heterocycles. The molecule has 1 aliphatic rings. The Kier molecular flexibility index (Phi) is 5.31. The van der Waals surface area contributed by atoms with E-state index in [0.717, 1.165) is 42.4 Å². The molecule has 1 saturated heterocycles. The van der Waals surface area contributed by atoms with Crippen molar-refractivity contribution >= 4 is 22.4 Å². The molecule has 2 heterocycles. The third-order valence-corrected chi connectivity index (χ3v) is 5.19. The molecule has 1 aromatic heterocycles. The van der Waals surface area contributed by atoms with Crippen molar-refractivity contribution in [3.63, 3.8) is 0 Å². The summed E-state index contributed by atoms with van der Waals surface area (Å²) in [7, 11) is 0.